The van der Waals surface area contributed by atoms with E-state index in [2.05, 4.69) is 11.9 Å². The summed E-state index contributed by atoms with van der Waals surface area (Å²) in [4.78, 5) is 4.50. The molecular formula is C14H18N2O2. The molecule has 0 saturated carbocycles. The first-order chi connectivity index (χ1) is 8.72. The summed E-state index contributed by atoms with van der Waals surface area (Å²) < 4.78 is 0. The van der Waals surface area contributed by atoms with Gasteiger partial charge in [-0.15, -0.1) is 0 Å². The molecule has 0 atom stereocenters. The van der Waals surface area contributed by atoms with Gasteiger partial charge < -0.3 is 15.1 Å². The third-order valence-electron chi connectivity index (χ3n) is 2.86. The minimum Gasteiger partial charge on any atom is -0.494 e. The van der Waals surface area contributed by atoms with Crippen LogP contribution in [0.2, 0.25) is 0 Å². The number of unbranched alkanes of at least 4 members (excludes halogenated alkanes) is 1. The Labute approximate surface area is 107 Å². The van der Waals surface area contributed by atoms with E-state index in [1.165, 1.54) is 6.07 Å². The van der Waals surface area contributed by atoms with Crippen LogP contribution in [0.3, 0.4) is 0 Å². The number of H-pyrrole nitrogens is 1. The Bertz CT molecular complexity index is 494. The number of rotatable bonds is 5. The average Bonchev–Trinajstić information content (AvgIpc) is 2.70. The number of aromatic amines is 1. The number of hydrogen-bond donors (Lipinski definition) is 3. The SMILES string of the molecule is CCCCN(c1ccccc1)c1cc(O)[nH]c1O. The molecule has 0 aliphatic carbocycles. The summed E-state index contributed by atoms with van der Waals surface area (Å²) in [6, 6.07) is 11.4. The molecule has 0 unspecified atom stereocenters. The van der Waals surface area contributed by atoms with E-state index in [1.807, 2.05) is 35.2 Å². The van der Waals surface area contributed by atoms with Gasteiger partial charge in [-0.25, -0.2) is 0 Å². The van der Waals surface area contributed by atoms with E-state index in [0.717, 1.165) is 25.1 Å². The molecule has 0 bridgehead atoms. The maximum absolute atomic E-state index is 9.81. The molecule has 4 heteroatoms. The molecule has 96 valence electrons. The lowest BCUT2D eigenvalue weighted by Gasteiger charge is -2.23. The van der Waals surface area contributed by atoms with Gasteiger partial charge in [0.05, 0.1) is 0 Å². The predicted octanol–water partition coefficient (Wildman–Crippen LogP) is 3.36. The van der Waals surface area contributed by atoms with Gasteiger partial charge in [0.15, 0.2) is 5.88 Å². The van der Waals surface area contributed by atoms with Crippen LogP contribution in [-0.4, -0.2) is 21.7 Å². The molecule has 0 radical (unpaired) electrons. The van der Waals surface area contributed by atoms with Crippen LogP contribution in [0.15, 0.2) is 36.4 Å². The van der Waals surface area contributed by atoms with Gasteiger partial charge in [0, 0.05) is 18.3 Å². The van der Waals surface area contributed by atoms with Crippen LogP contribution in [0, 0.1) is 0 Å². The van der Waals surface area contributed by atoms with Crippen molar-refractivity contribution in [1.29, 1.82) is 0 Å². The summed E-state index contributed by atoms with van der Waals surface area (Å²) in [5.74, 6) is -0.0348. The van der Waals surface area contributed by atoms with Crippen LogP contribution in [0.25, 0.3) is 0 Å². The third kappa shape index (κ3) is 2.59. The lowest BCUT2D eigenvalue weighted by atomic mass is 10.2. The van der Waals surface area contributed by atoms with Gasteiger partial charge >= 0.3 is 0 Å². The highest BCUT2D eigenvalue weighted by Crippen LogP contribution is 2.35. The maximum atomic E-state index is 9.81. The summed E-state index contributed by atoms with van der Waals surface area (Å²) in [5, 5.41) is 19.2. The molecule has 0 fully saturated rings. The molecular weight excluding hydrogens is 228 g/mol. The van der Waals surface area contributed by atoms with E-state index in [4.69, 9.17) is 0 Å². The summed E-state index contributed by atoms with van der Waals surface area (Å²) in [6.45, 7) is 2.92. The summed E-state index contributed by atoms with van der Waals surface area (Å²) in [7, 11) is 0. The number of benzene rings is 1. The molecule has 0 saturated heterocycles. The van der Waals surface area contributed by atoms with Crippen LogP contribution in [-0.2, 0) is 0 Å². The van der Waals surface area contributed by atoms with Crippen LogP contribution < -0.4 is 4.90 Å². The number of anilines is 2. The molecule has 1 aromatic carbocycles. The Morgan fingerprint density at radius 1 is 1.17 bits per heavy atom. The fraction of sp³-hybridized carbons (Fsp3) is 0.286. The number of nitrogens with one attached hydrogen (secondary N) is 1. The minimum atomic E-state index is -0.0278. The topological polar surface area (TPSA) is 59.5 Å². The Morgan fingerprint density at radius 2 is 1.89 bits per heavy atom. The van der Waals surface area contributed by atoms with Crippen molar-refractivity contribution >= 4 is 11.4 Å². The molecule has 2 rings (SSSR count). The monoisotopic (exact) mass is 246 g/mol. The van der Waals surface area contributed by atoms with Gasteiger partial charge in [-0.2, -0.15) is 0 Å². The van der Waals surface area contributed by atoms with Gasteiger partial charge in [-0.3, -0.25) is 4.98 Å². The van der Waals surface area contributed by atoms with Crippen molar-refractivity contribution in [1.82, 2.24) is 4.98 Å². The molecule has 0 aliphatic rings. The number of nitrogens with zero attached hydrogens (tertiary/aromatic N) is 1. The fourth-order valence-corrected chi connectivity index (χ4v) is 1.94. The highest BCUT2D eigenvalue weighted by atomic mass is 16.3. The number of aromatic hydroxyl groups is 2. The van der Waals surface area contributed by atoms with Gasteiger partial charge in [-0.05, 0) is 18.6 Å². The predicted molar refractivity (Wildman–Crippen MR) is 72.5 cm³/mol. The lowest BCUT2D eigenvalue weighted by molar-refractivity contribution is 0.425. The van der Waals surface area contributed by atoms with Crippen LogP contribution in [0.5, 0.6) is 11.8 Å². The first-order valence-electron chi connectivity index (χ1n) is 6.16. The number of aromatic nitrogens is 1. The molecule has 0 aliphatic heterocycles. The summed E-state index contributed by atoms with van der Waals surface area (Å²) in [5.41, 5.74) is 1.60. The Morgan fingerprint density at radius 3 is 2.44 bits per heavy atom. The molecule has 3 N–H and O–H groups in total. The zero-order valence-electron chi connectivity index (χ0n) is 10.4. The Balaban J connectivity index is 2.34. The second-order valence-corrected chi connectivity index (χ2v) is 4.23. The van der Waals surface area contributed by atoms with E-state index in [9.17, 15) is 10.2 Å². The van der Waals surface area contributed by atoms with Gasteiger partial charge in [0.25, 0.3) is 0 Å². The molecule has 2 aromatic rings. The van der Waals surface area contributed by atoms with E-state index >= 15 is 0 Å². The Kier molecular flexibility index (Phi) is 3.77. The van der Waals surface area contributed by atoms with E-state index in [0.29, 0.717) is 5.69 Å². The second kappa shape index (κ2) is 5.49. The minimum absolute atomic E-state index is 0.00699. The highest BCUT2D eigenvalue weighted by Gasteiger charge is 2.15. The maximum Gasteiger partial charge on any atom is 0.215 e. The van der Waals surface area contributed by atoms with Gasteiger partial charge in [-0.1, -0.05) is 31.5 Å². The van der Waals surface area contributed by atoms with Crippen molar-refractivity contribution in [3.05, 3.63) is 36.4 Å². The van der Waals surface area contributed by atoms with Crippen molar-refractivity contribution in [3.8, 4) is 11.8 Å². The van der Waals surface area contributed by atoms with E-state index < -0.39 is 0 Å². The van der Waals surface area contributed by atoms with Gasteiger partial charge in [0.1, 0.15) is 5.69 Å². The summed E-state index contributed by atoms with van der Waals surface area (Å²) >= 11 is 0. The number of para-hydroxylation sites is 1. The lowest BCUT2D eigenvalue weighted by Crippen LogP contribution is -2.17. The highest BCUT2D eigenvalue weighted by molar-refractivity contribution is 5.69. The normalized spacial score (nSPS) is 10.5. The smallest absolute Gasteiger partial charge is 0.215 e. The molecule has 1 aromatic heterocycles. The van der Waals surface area contributed by atoms with Crippen LogP contribution in [0.4, 0.5) is 11.4 Å². The quantitative estimate of drug-likeness (QED) is 0.758. The molecule has 4 nitrogen and oxygen atoms in total. The van der Waals surface area contributed by atoms with Crippen molar-refractivity contribution < 1.29 is 10.2 Å². The van der Waals surface area contributed by atoms with Crippen molar-refractivity contribution in [2.75, 3.05) is 11.4 Å². The van der Waals surface area contributed by atoms with E-state index in [1.54, 1.807) is 0 Å². The fourth-order valence-electron chi connectivity index (χ4n) is 1.94. The summed E-state index contributed by atoms with van der Waals surface area (Å²) in [6.07, 6.45) is 2.08. The molecule has 0 amide bonds. The standard InChI is InChI=1S/C14H18N2O2/c1-2-3-9-16(11-7-5-4-6-8-11)12-10-13(17)15-14(12)18/h4-8,10,15,17-18H,2-3,9H2,1H3. The second-order valence-electron chi connectivity index (χ2n) is 4.23. The van der Waals surface area contributed by atoms with E-state index in [-0.39, 0.29) is 11.8 Å². The first kappa shape index (κ1) is 12.4. The third-order valence-corrected chi connectivity index (χ3v) is 2.86. The van der Waals surface area contributed by atoms with Crippen LogP contribution >= 0.6 is 0 Å². The van der Waals surface area contributed by atoms with Crippen molar-refractivity contribution in [2.24, 2.45) is 0 Å². The average molecular weight is 246 g/mol. The largest absolute Gasteiger partial charge is 0.494 e. The number of hydrogen-bond acceptors (Lipinski definition) is 3. The first-order valence-corrected chi connectivity index (χ1v) is 6.16. The molecule has 0 spiro atoms. The molecule has 1 heterocycles. The zero-order valence-corrected chi connectivity index (χ0v) is 10.4. The Hall–Kier alpha value is -2.10. The van der Waals surface area contributed by atoms with Gasteiger partial charge in [0.2, 0.25) is 5.88 Å². The molecule has 18 heavy (non-hydrogen) atoms. The van der Waals surface area contributed by atoms with Crippen molar-refractivity contribution in [2.45, 2.75) is 19.8 Å². The van der Waals surface area contributed by atoms with Crippen molar-refractivity contribution in [3.63, 3.8) is 0 Å². The van der Waals surface area contributed by atoms with Crippen LogP contribution in [0.1, 0.15) is 19.8 Å². The zero-order chi connectivity index (χ0) is 13.0.